The third-order valence-corrected chi connectivity index (χ3v) is 4.68. The topological polar surface area (TPSA) is 61.2 Å². The second-order valence-electron chi connectivity index (χ2n) is 5.22. The summed E-state index contributed by atoms with van der Waals surface area (Å²) in [6, 6.07) is 7.44. The molecule has 0 spiro atoms. The van der Waals surface area contributed by atoms with Gasteiger partial charge in [-0.05, 0) is 36.7 Å². The number of thiophene rings is 1. The van der Waals surface area contributed by atoms with Crippen LogP contribution in [0.1, 0.15) is 5.48 Å². The maximum atomic E-state index is 8.13. The van der Waals surface area contributed by atoms with E-state index in [0.29, 0.717) is 11.5 Å². The van der Waals surface area contributed by atoms with Crippen LogP contribution in [0.25, 0.3) is 21.7 Å². The van der Waals surface area contributed by atoms with E-state index in [9.17, 15) is 0 Å². The quantitative estimate of drug-likeness (QED) is 0.763. The smallest absolute Gasteiger partial charge is 0.150 e. The van der Waals surface area contributed by atoms with Gasteiger partial charge >= 0.3 is 0 Å². The summed E-state index contributed by atoms with van der Waals surface area (Å²) in [6.45, 7) is -3.36. The minimum Gasteiger partial charge on any atom is -0.397 e. The average molecular weight is 317 g/mol. The SMILES string of the molecule is [2H]C1([2H])CN(c2ccc3[nH]c(-c4sccc4N)nc3c2)CC([2H])([2H])N1C. The highest BCUT2D eigenvalue weighted by Crippen LogP contribution is 2.31. The number of nitrogens with one attached hydrogen (secondary N) is 1. The van der Waals surface area contributed by atoms with Gasteiger partial charge < -0.3 is 20.5 Å². The molecule has 5 nitrogen and oxygen atoms in total. The van der Waals surface area contributed by atoms with Gasteiger partial charge in [0.1, 0.15) is 0 Å². The van der Waals surface area contributed by atoms with Gasteiger partial charge in [0.15, 0.2) is 5.82 Å². The monoisotopic (exact) mass is 317 g/mol. The number of nitrogen functional groups attached to an aromatic ring is 1. The lowest BCUT2D eigenvalue weighted by Crippen LogP contribution is -2.44. The molecule has 0 amide bonds. The first-order valence-electron chi connectivity index (χ1n) is 8.99. The molecule has 4 rings (SSSR count). The number of aromatic amines is 1. The first kappa shape index (κ1) is 9.86. The summed E-state index contributed by atoms with van der Waals surface area (Å²) in [5.41, 5.74) is 8.99. The molecular formula is C16H19N5S. The van der Waals surface area contributed by atoms with Crippen LogP contribution in [0.2, 0.25) is 0 Å². The molecule has 1 aromatic carbocycles. The average Bonchev–Trinajstić information content (AvgIpc) is 3.16. The number of nitrogens with two attached hydrogens (primary N) is 1. The molecule has 3 N–H and O–H groups in total. The lowest BCUT2D eigenvalue weighted by Gasteiger charge is -2.34. The van der Waals surface area contributed by atoms with Gasteiger partial charge in [-0.1, -0.05) is 0 Å². The van der Waals surface area contributed by atoms with Gasteiger partial charge in [0.25, 0.3) is 0 Å². The van der Waals surface area contributed by atoms with E-state index < -0.39 is 13.0 Å². The Morgan fingerprint density at radius 1 is 1.32 bits per heavy atom. The molecule has 0 aliphatic carbocycles. The molecule has 0 saturated carbocycles. The van der Waals surface area contributed by atoms with Gasteiger partial charge in [0.05, 0.1) is 21.6 Å². The van der Waals surface area contributed by atoms with Crippen molar-refractivity contribution in [2.24, 2.45) is 0 Å². The summed E-state index contributed by atoms with van der Waals surface area (Å²) in [6.07, 6.45) is 0. The molecule has 3 aromatic rings. The number of hydrogen-bond donors (Lipinski definition) is 2. The van der Waals surface area contributed by atoms with Gasteiger partial charge in [-0.15, -0.1) is 11.3 Å². The number of benzene rings is 1. The van der Waals surface area contributed by atoms with E-state index in [2.05, 4.69) is 9.97 Å². The minimum atomic E-state index is -1.77. The lowest BCUT2D eigenvalue weighted by molar-refractivity contribution is 0.313. The second-order valence-corrected chi connectivity index (χ2v) is 6.14. The standard InChI is InChI=1S/C16H19N5S/c1-20-5-7-21(8-6-20)11-2-3-13-14(10-11)19-16(18-13)15-12(17)4-9-22-15/h2-4,9-10H,5-8,17H2,1H3,(H,18,19)/i5D2,6D2. The van der Waals surface area contributed by atoms with Crippen molar-refractivity contribution in [2.45, 2.75) is 0 Å². The van der Waals surface area contributed by atoms with Crippen molar-refractivity contribution in [1.29, 1.82) is 0 Å². The Kier molecular flexibility index (Phi) is 2.38. The Balaban J connectivity index is 1.71. The van der Waals surface area contributed by atoms with E-state index in [1.54, 1.807) is 4.90 Å². The van der Waals surface area contributed by atoms with Crippen molar-refractivity contribution in [3.8, 4) is 10.7 Å². The van der Waals surface area contributed by atoms with Gasteiger partial charge in [-0.3, -0.25) is 0 Å². The van der Waals surface area contributed by atoms with E-state index in [0.717, 1.165) is 26.5 Å². The summed E-state index contributed by atoms with van der Waals surface area (Å²) in [5, 5.41) is 1.91. The van der Waals surface area contributed by atoms with Crippen LogP contribution in [-0.4, -0.2) is 48.0 Å². The third-order valence-electron chi connectivity index (χ3n) is 3.74. The molecule has 1 aliphatic rings. The van der Waals surface area contributed by atoms with Crippen LogP contribution in [0, 0.1) is 0 Å². The third kappa shape index (κ3) is 2.34. The number of likely N-dealkylation sites (N-methyl/N-ethyl adjacent to an activating group) is 1. The largest absolute Gasteiger partial charge is 0.397 e. The predicted molar refractivity (Wildman–Crippen MR) is 93.5 cm³/mol. The van der Waals surface area contributed by atoms with Crippen LogP contribution in [0.4, 0.5) is 11.4 Å². The Bertz CT molecular complexity index is 949. The van der Waals surface area contributed by atoms with E-state index >= 15 is 0 Å². The van der Waals surface area contributed by atoms with Gasteiger partial charge in [-0.2, -0.15) is 0 Å². The van der Waals surface area contributed by atoms with Crippen molar-refractivity contribution >= 4 is 33.7 Å². The van der Waals surface area contributed by atoms with Crippen LogP contribution < -0.4 is 10.6 Å². The van der Waals surface area contributed by atoms with Crippen LogP contribution in [0.15, 0.2) is 29.6 Å². The second kappa shape index (κ2) is 5.30. The van der Waals surface area contributed by atoms with Crippen molar-refractivity contribution in [3.63, 3.8) is 0 Å². The molecule has 1 fully saturated rings. The molecule has 22 heavy (non-hydrogen) atoms. The Morgan fingerprint density at radius 2 is 2.14 bits per heavy atom. The van der Waals surface area contributed by atoms with Crippen molar-refractivity contribution in [1.82, 2.24) is 14.9 Å². The van der Waals surface area contributed by atoms with E-state index in [1.165, 1.54) is 18.4 Å². The van der Waals surface area contributed by atoms with Crippen molar-refractivity contribution in [2.75, 3.05) is 43.8 Å². The fourth-order valence-corrected chi connectivity index (χ4v) is 3.25. The van der Waals surface area contributed by atoms with Crippen LogP contribution in [-0.2, 0) is 0 Å². The number of piperazine rings is 1. The van der Waals surface area contributed by atoms with Gasteiger partial charge in [0.2, 0.25) is 0 Å². The Labute approximate surface area is 139 Å². The molecule has 0 unspecified atom stereocenters. The molecule has 3 heterocycles. The maximum Gasteiger partial charge on any atom is 0.150 e. The molecule has 2 aromatic heterocycles. The molecule has 1 aliphatic heterocycles. The normalized spacial score (nSPS) is 23.8. The fourth-order valence-electron chi connectivity index (χ4n) is 2.49. The number of hydrogen-bond acceptors (Lipinski definition) is 5. The number of fused-ring (bicyclic) bond motifs is 1. The zero-order valence-electron chi connectivity index (χ0n) is 16.1. The molecule has 0 atom stereocenters. The van der Waals surface area contributed by atoms with Crippen molar-refractivity contribution in [3.05, 3.63) is 29.6 Å². The summed E-state index contributed by atoms with van der Waals surface area (Å²) in [4.78, 5) is 11.6. The zero-order valence-corrected chi connectivity index (χ0v) is 12.9. The van der Waals surface area contributed by atoms with Crippen molar-refractivity contribution < 1.29 is 5.48 Å². The number of anilines is 2. The molecular weight excluding hydrogens is 294 g/mol. The van der Waals surface area contributed by atoms with E-state index in [1.807, 2.05) is 29.6 Å². The number of H-pyrrole nitrogens is 1. The van der Waals surface area contributed by atoms with E-state index in [4.69, 9.17) is 11.2 Å². The minimum absolute atomic E-state index is 0.0870. The lowest BCUT2D eigenvalue weighted by atomic mass is 10.2. The summed E-state index contributed by atoms with van der Waals surface area (Å²) >= 11 is 1.52. The first-order valence-corrected chi connectivity index (χ1v) is 7.87. The number of rotatable bonds is 2. The molecule has 0 radical (unpaired) electrons. The van der Waals surface area contributed by atoms with Crippen LogP contribution >= 0.6 is 11.3 Å². The highest BCUT2D eigenvalue weighted by Gasteiger charge is 2.16. The van der Waals surface area contributed by atoms with Crippen LogP contribution in [0.5, 0.6) is 0 Å². The zero-order chi connectivity index (χ0) is 18.7. The predicted octanol–water partition coefficient (Wildman–Crippen LogP) is 2.63. The van der Waals surface area contributed by atoms with Gasteiger partial charge in [0, 0.05) is 37.3 Å². The number of aromatic nitrogens is 2. The Morgan fingerprint density at radius 3 is 2.86 bits per heavy atom. The summed E-state index contributed by atoms with van der Waals surface area (Å²) < 4.78 is 32.5. The summed E-state index contributed by atoms with van der Waals surface area (Å²) in [7, 11) is 1.48. The van der Waals surface area contributed by atoms with E-state index in [-0.39, 0.29) is 13.1 Å². The first-order chi connectivity index (χ1) is 12.2. The molecule has 1 saturated heterocycles. The Hall–Kier alpha value is -2.05. The number of imidazole rings is 1. The highest BCUT2D eigenvalue weighted by molar-refractivity contribution is 7.14. The van der Waals surface area contributed by atoms with Gasteiger partial charge in [-0.25, -0.2) is 4.98 Å². The fraction of sp³-hybridized carbons (Fsp3) is 0.312. The molecule has 0 bridgehead atoms. The maximum absolute atomic E-state index is 8.13. The number of nitrogens with zero attached hydrogens (tertiary/aromatic N) is 3. The van der Waals surface area contributed by atoms with Crippen LogP contribution in [0.3, 0.4) is 0 Å². The molecule has 6 heteroatoms. The highest BCUT2D eigenvalue weighted by atomic mass is 32.1. The summed E-state index contributed by atoms with van der Waals surface area (Å²) in [5.74, 6) is 0.702. The molecule has 114 valence electrons.